The molecule has 1 aliphatic rings. The van der Waals surface area contributed by atoms with E-state index < -0.39 is 0 Å². The number of nitrogens with two attached hydrogens (primary N) is 1. The van der Waals surface area contributed by atoms with Crippen LogP contribution >= 0.6 is 11.8 Å². The van der Waals surface area contributed by atoms with Gasteiger partial charge >= 0.3 is 0 Å². The highest BCUT2D eigenvalue weighted by molar-refractivity contribution is 7.99. The highest BCUT2D eigenvalue weighted by Crippen LogP contribution is 2.39. The molecule has 2 heterocycles. The van der Waals surface area contributed by atoms with Crippen LogP contribution in [0, 0.1) is 6.92 Å². The van der Waals surface area contributed by atoms with Crippen molar-refractivity contribution in [2.24, 2.45) is 0 Å². The zero-order valence-corrected chi connectivity index (χ0v) is 12.3. The molecule has 2 atom stereocenters. The van der Waals surface area contributed by atoms with Gasteiger partial charge in [-0.2, -0.15) is 11.8 Å². The van der Waals surface area contributed by atoms with Gasteiger partial charge in [-0.05, 0) is 43.6 Å². The van der Waals surface area contributed by atoms with Gasteiger partial charge in [0, 0.05) is 17.5 Å². The number of nitrogen functional groups attached to an aromatic ring is 1. The molecule has 0 spiro atoms. The smallest absolute Gasteiger partial charge is 0.202 e. The Labute approximate surface area is 117 Å². The molecule has 0 bridgehead atoms. The van der Waals surface area contributed by atoms with Crippen LogP contribution in [-0.4, -0.2) is 25.5 Å². The second kappa shape index (κ2) is 5.04. The molecule has 1 saturated carbocycles. The van der Waals surface area contributed by atoms with Crippen LogP contribution < -0.4 is 5.73 Å². The SMILES string of the molecule is CCSC1CCC(n2c(N)nc3cc(C)cnc32)C1. The lowest BCUT2D eigenvalue weighted by Crippen LogP contribution is -2.10. The monoisotopic (exact) mass is 276 g/mol. The third-order valence-corrected chi connectivity index (χ3v) is 5.05. The largest absolute Gasteiger partial charge is 0.369 e. The van der Waals surface area contributed by atoms with E-state index in [9.17, 15) is 0 Å². The molecule has 1 fully saturated rings. The van der Waals surface area contributed by atoms with E-state index in [4.69, 9.17) is 5.73 Å². The van der Waals surface area contributed by atoms with E-state index in [1.54, 1.807) is 0 Å². The molecule has 1 aliphatic carbocycles. The Hall–Kier alpha value is -1.23. The summed E-state index contributed by atoms with van der Waals surface area (Å²) in [5, 5.41) is 0.761. The van der Waals surface area contributed by atoms with Crippen LogP contribution in [0.15, 0.2) is 12.3 Å². The van der Waals surface area contributed by atoms with E-state index in [2.05, 4.69) is 39.3 Å². The van der Waals surface area contributed by atoms with E-state index in [0.29, 0.717) is 12.0 Å². The molecule has 0 aromatic carbocycles. The summed E-state index contributed by atoms with van der Waals surface area (Å²) >= 11 is 2.06. The first kappa shape index (κ1) is 12.8. The van der Waals surface area contributed by atoms with Crippen LogP contribution in [0.5, 0.6) is 0 Å². The Morgan fingerprint density at radius 2 is 2.32 bits per heavy atom. The van der Waals surface area contributed by atoms with Gasteiger partial charge in [0.1, 0.15) is 5.52 Å². The van der Waals surface area contributed by atoms with Crippen molar-refractivity contribution >= 4 is 28.9 Å². The molecule has 0 aliphatic heterocycles. The first-order valence-corrected chi connectivity index (χ1v) is 7.95. The van der Waals surface area contributed by atoms with Gasteiger partial charge in [0.15, 0.2) is 5.65 Å². The lowest BCUT2D eigenvalue weighted by Gasteiger charge is -2.14. The number of hydrogen-bond donors (Lipinski definition) is 1. The summed E-state index contributed by atoms with van der Waals surface area (Å²) in [7, 11) is 0. The van der Waals surface area contributed by atoms with Gasteiger partial charge in [-0.3, -0.25) is 4.57 Å². The minimum atomic E-state index is 0.462. The molecule has 2 aromatic rings. The minimum absolute atomic E-state index is 0.462. The number of nitrogens with zero attached hydrogens (tertiary/aromatic N) is 3. The summed E-state index contributed by atoms with van der Waals surface area (Å²) in [6, 6.07) is 2.52. The average Bonchev–Trinajstić information content (AvgIpc) is 2.92. The molecule has 5 heteroatoms. The Morgan fingerprint density at radius 3 is 3.11 bits per heavy atom. The number of thioether (sulfide) groups is 1. The standard InChI is InChI=1S/C14H20N4S/c1-3-19-11-5-4-10(7-11)18-13-12(17-14(18)15)6-9(2)8-16-13/h6,8,10-11H,3-5,7H2,1-2H3,(H2,15,17). The summed E-state index contributed by atoms with van der Waals surface area (Å²) in [6.45, 7) is 4.26. The molecular formula is C14H20N4S. The van der Waals surface area contributed by atoms with E-state index in [1.807, 2.05) is 13.1 Å². The Morgan fingerprint density at radius 1 is 1.47 bits per heavy atom. The predicted molar refractivity (Wildman–Crippen MR) is 81.5 cm³/mol. The summed E-state index contributed by atoms with van der Waals surface area (Å²) in [4.78, 5) is 8.99. The van der Waals surface area contributed by atoms with Crippen LogP contribution in [0.25, 0.3) is 11.2 Å². The highest BCUT2D eigenvalue weighted by Gasteiger charge is 2.28. The molecule has 0 amide bonds. The molecule has 2 aromatic heterocycles. The van der Waals surface area contributed by atoms with Gasteiger partial charge in [0.25, 0.3) is 0 Å². The number of aryl methyl sites for hydroxylation is 1. The number of hydrogen-bond acceptors (Lipinski definition) is 4. The van der Waals surface area contributed by atoms with E-state index >= 15 is 0 Å². The van der Waals surface area contributed by atoms with Crippen molar-refractivity contribution in [1.29, 1.82) is 0 Å². The zero-order valence-electron chi connectivity index (χ0n) is 11.5. The summed E-state index contributed by atoms with van der Waals surface area (Å²) < 4.78 is 2.14. The van der Waals surface area contributed by atoms with Crippen LogP contribution in [-0.2, 0) is 0 Å². The minimum Gasteiger partial charge on any atom is -0.369 e. The molecule has 2 N–H and O–H groups in total. The van der Waals surface area contributed by atoms with Gasteiger partial charge in [0.2, 0.25) is 5.95 Å². The second-order valence-electron chi connectivity index (χ2n) is 5.24. The van der Waals surface area contributed by atoms with Crippen LogP contribution in [0.1, 0.15) is 37.8 Å². The fraction of sp³-hybridized carbons (Fsp3) is 0.571. The lowest BCUT2D eigenvalue weighted by molar-refractivity contribution is 0.537. The fourth-order valence-electron chi connectivity index (χ4n) is 3.00. The van der Waals surface area contributed by atoms with Gasteiger partial charge < -0.3 is 5.73 Å². The van der Waals surface area contributed by atoms with Crippen molar-refractivity contribution in [3.8, 4) is 0 Å². The van der Waals surface area contributed by atoms with E-state index in [-0.39, 0.29) is 0 Å². The van der Waals surface area contributed by atoms with Crippen LogP contribution in [0.2, 0.25) is 0 Å². The molecule has 102 valence electrons. The van der Waals surface area contributed by atoms with Gasteiger partial charge in [-0.15, -0.1) is 0 Å². The summed E-state index contributed by atoms with van der Waals surface area (Å²) in [5.41, 5.74) is 9.10. The number of fused-ring (bicyclic) bond motifs is 1. The Bertz CT molecular complexity index is 592. The Balaban J connectivity index is 1.95. The quantitative estimate of drug-likeness (QED) is 0.935. The molecular weight excluding hydrogens is 256 g/mol. The predicted octanol–water partition coefficient (Wildman–Crippen LogP) is 3.17. The van der Waals surface area contributed by atoms with Crippen molar-refractivity contribution in [3.05, 3.63) is 17.8 Å². The number of imidazole rings is 1. The zero-order chi connectivity index (χ0) is 13.4. The molecule has 4 nitrogen and oxygen atoms in total. The van der Waals surface area contributed by atoms with E-state index in [0.717, 1.165) is 22.0 Å². The highest BCUT2D eigenvalue weighted by atomic mass is 32.2. The second-order valence-corrected chi connectivity index (χ2v) is 6.82. The maximum Gasteiger partial charge on any atom is 0.202 e. The first-order chi connectivity index (χ1) is 9.19. The topological polar surface area (TPSA) is 56.7 Å². The Kier molecular flexibility index (Phi) is 3.39. The molecule has 19 heavy (non-hydrogen) atoms. The fourth-order valence-corrected chi connectivity index (χ4v) is 4.13. The van der Waals surface area contributed by atoms with Crippen molar-refractivity contribution in [3.63, 3.8) is 0 Å². The summed E-state index contributed by atoms with van der Waals surface area (Å²) in [6.07, 6.45) is 5.54. The number of rotatable bonds is 3. The third-order valence-electron chi connectivity index (χ3n) is 3.82. The lowest BCUT2D eigenvalue weighted by atomic mass is 10.2. The molecule has 0 radical (unpaired) electrons. The van der Waals surface area contributed by atoms with Crippen LogP contribution in [0.4, 0.5) is 5.95 Å². The normalized spacial score (nSPS) is 23.3. The number of aromatic nitrogens is 3. The van der Waals surface area contributed by atoms with Gasteiger partial charge in [-0.1, -0.05) is 6.92 Å². The van der Waals surface area contributed by atoms with E-state index in [1.165, 1.54) is 25.0 Å². The molecule has 0 saturated heterocycles. The van der Waals surface area contributed by atoms with Crippen molar-refractivity contribution in [2.75, 3.05) is 11.5 Å². The van der Waals surface area contributed by atoms with Crippen molar-refractivity contribution in [1.82, 2.24) is 14.5 Å². The van der Waals surface area contributed by atoms with Crippen LogP contribution in [0.3, 0.4) is 0 Å². The maximum atomic E-state index is 6.11. The first-order valence-electron chi connectivity index (χ1n) is 6.90. The third kappa shape index (κ3) is 2.31. The summed E-state index contributed by atoms with van der Waals surface area (Å²) in [5.74, 6) is 1.80. The number of pyridine rings is 1. The van der Waals surface area contributed by atoms with Crippen molar-refractivity contribution < 1.29 is 0 Å². The number of anilines is 1. The maximum absolute atomic E-state index is 6.11. The molecule has 3 rings (SSSR count). The molecule has 2 unspecified atom stereocenters. The average molecular weight is 276 g/mol. The van der Waals surface area contributed by atoms with Gasteiger partial charge in [0.05, 0.1) is 0 Å². The van der Waals surface area contributed by atoms with Crippen molar-refractivity contribution in [2.45, 2.75) is 44.4 Å². The van der Waals surface area contributed by atoms with Gasteiger partial charge in [-0.25, -0.2) is 9.97 Å².